The minimum absolute atomic E-state index is 0.0719. The number of nitrogens with one attached hydrogen (secondary N) is 1. The van der Waals surface area contributed by atoms with Crippen LogP contribution in [0.25, 0.3) is 11.7 Å². The maximum Gasteiger partial charge on any atom is 0.267 e. The second-order valence-electron chi connectivity index (χ2n) is 9.83. The van der Waals surface area contributed by atoms with Crippen LogP contribution < -0.4 is 5.48 Å². The van der Waals surface area contributed by atoms with Gasteiger partial charge in [0.15, 0.2) is 0 Å². The zero-order valence-corrected chi connectivity index (χ0v) is 18.9. The van der Waals surface area contributed by atoms with E-state index in [0.717, 1.165) is 43.0 Å². The number of rotatable bonds is 7. The Morgan fingerprint density at radius 3 is 2.52 bits per heavy atom. The molecule has 2 rings (SSSR count). The van der Waals surface area contributed by atoms with Crippen molar-refractivity contribution in [3.63, 3.8) is 0 Å². The van der Waals surface area contributed by atoms with E-state index in [2.05, 4.69) is 57.8 Å². The van der Waals surface area contributed by atoms with Crippen LogP contribution in [0.1, 0.15) is 71.8 Å². The highest BCUT2D eigenvalue weighted by Gasteiger charge is 2.25. The van der Waals surface area contributed by atoms with Crippen molar-refractivity contribution in [2.24, 2.45) is 5.41 Å². The van der Waals surface area contributed by atoms with E-state index in [0.29, 0.717) is 5.41 Å². The lowest BCUT2D eigenvalue weighted by Crippen LogP contribution is -2.29. The zero-order valence-electron chi connectivity index (χ0n) is 18.9. The van der Waals surface area contributed by atoms with Crippen molar-refractivity contribution < 1.29 is 10.0 Å². The lowest BCUT2D eigenvalue weighted by Gasteiger charge is -2.27. The molecule has 0 unspecified atom stereocenters. The molecule has 0 aliphatic carbocycles. The van der Waals surface area contributed by atoms with Crippen LogP contribution in [0.5, 0.6) is 0 Å². The molecule has 2 N–H and O–H groups in total. The Hall–Kier alpha value is -2.18. The first kappa shape index (κ1) is 23.1. The van der Waals surface area contributed by atoms with Gasteiger partial charge >= 0.3 is 0 Å². The van der Waals surface area contributed by atoms with Gasteiger partial charge in [0, 0.05) is 24.2 Å². The van der Waals surface area contributed by atoms with Gasteiger partial charge in [-0.05, 0) is 48.7 Å². The van der Waals surface area contributed by atoms with Gasteiger partial charge in [-0.3, -0.25) is 14.9 Å². The number of carbonyl (C=O) groups is 1. The second kappa shape index (κ2) is 9.09. The summed E-state index contributed by atoms with van der Waals surface area (Å²) >= 11 is 0. The lowest BCUT2D eigenvalue weighted by atomic mass is 9.90. The average molecular weight is 401 g/mol. The summed E-state index contributed by atoms with van der Waals surface area (Å²) in [5.41, 5.74) is 5.88. The van der Waals surface area contributed by atoms with Gasteiger partial charge in [-0.1, -0.05) is 48.5 Å². The van der Waals surface area contributed by atoms with E-state index in [4.69, 9.17) is 10.2 Å². The minimum atomic E-state index is -0.554. The molecular weight excluding hydrogens is 364 g/mol. The summed E-state index contributed by atoms with van der Waals surface area (Å²) < 4.78 is 2.16. The molecule has 0 aliphatic heterocycles. The smallest absolute Gasteiger partial charge is 0.267 e. The van der Waals surface area contributed by atoms with Crippen LogP contribution in [-0.4, -0.2) is 38.5 Å². The first-order chi connectivity index (χ1) is 13.4. The number of aromatic nitrogens is 2. The van der Waals surface area contributed by atoms with E-state index < -0.39 is 5.91 Å². The fourth-order valence-corrected chi connectivity index (χ4v) is 3.23. The van der Waals surface area contributed by atoms with Crippen molar-refractivity contribution in [1.29, 1.82) is 0 Å². The van der Waals surface area contributed by atoms with E-state index in [9.17, 15) is 4.79 Å². The molecule has 160 valence electrons. The average Bonchev–Trinajstić information content (AvgIpc) is 3.00. The Bertz CT molecular complexity index is 869. The normalized spacial score (nSPS) is 13.0. The summed E-state index contributed by atoms with van der Waals surface area (Å²) in [6.07, 6.45) is 6.12. The number of hydroxylamine groups is 1. The van der Waals surface area contributed by atoms with Crippen molar-refractivity contribution in [2.75, 3.05) is 13.1 Å². The third kappa shape index (κ3) is 6.41. The molecule has 0 atom stereocenters. The van der Waals surface area contributed by atoms with Crippen molar-refractivity contribution >= 4 is 17.6 Å². The van der Waals surface area contributed by atoms with Crippen LogP contribution in [0, 0.1) is 5.41 Å². The number of hydrogen-bond donors (Lipinski definition) is 2. The Morgan fingerprint density at radius 1 is 1.28 bits per heavy atom. The number of fused-ring (bicyclic) bond motifs is 1. The first-order valence-corrected chi connectivity index (χ1v) is 10.3. The Labute approximate surface area is 174 Å². The Balaban J connectivity index is 2.41. The van der Waals surface area contributed by atoms with Gasteiger partial charge in [0.25, 0.3) is 5.91 Å². The maximum atomic E-state index is 11.3. The summed E-state index contributed by atoms with van der Waals surface area (Å²) in [6, 6.07) is 3.92. The number of pyridine rings is 1. The molecule has 29 heavy (non-hydrogen) atoms. The molecule has 6 nitrogen and oxygen atoms in total. The number of amides is 1. The van der Waals surface area contributed by atoms with Crippen molar-refractivity contribution in [2.45, 2.75) is 66.8 Å². The van der Waals surface area contributed by atoms with Crippen LogP contribution in [0.2, 0.25) is 0 Å². The van der Waals surface area contributed by atoms with Gasteiger partial charge in [-0.2, -0.15) is 0 Å². The van der Waals surface area contributed by atoms with Gasteiger partial charge in [0.05, 0.1) is 11.4 Å². The summed E-state index contributed by atoms with van der Waals surface area (Å²) in [4.78, 5) is 18.7. The molecule has 2 aromatic rings. The molecule has 0 aromatic carbocycles. The van der Waals surface area contributed by atoms with Gasteiger partial charge in [0.2, 0.25) is 0 Å². The summed E-state index contributed by atoms with van der Waals surface area (Å²) in [5.74, 6) is -0.554. The van der Waals surface area contributed by atoms with E-state index in [1.54, 1.807) is 11.6 Å². The van der Waals surface area contributed by atoms with Gasteiger partial charge in [0.1, 0.15) is 5.65 Å². The van der Waals surface area contributed by atoms with Gasteiger partial charge in [-0.15, -0.1) is 0 Å². The molecule has 0 saturated heterocycles. The maximum absolute atomic E-state index is 11.3. The van der Waals surface area contributed by atoms with E-state index in [-0.39, 0.29) is 5.41 Å². The molecule has 2 heterocycles. The molecule has 0 bridgehead atoms. The highest BCUT2D eigenvalue weighted by molar-refractivity contribution is 5.90. The second-order valence-corrected chi connectivity index (χ2v) is 9.83. The SMILES string of the molecule is CCN(CCC(C)(C)C)Cc1c(C(C)(C)C)nc2cc(C=CC(=O)NO)ccn12. The number of nitrogens with zero attached hydrogens (tertiary/aromatic N) is 3. The fourth-order valence-electron chi connectivity index (χ4n) is 3.23. The van der Waals surface area contributed by atoms with Crippen molar-refractivity contribution in [3.05, 3.63) is 41.4 Å². The molecule has 0 spiro atoms. The highest BCUT2D eigenvalue weighted by atomic mass is 16.5. The minimum Gasteiger partial charge on any atom is -0.302 e. The lowest BCUT2D eigenvalue weighted by molar-refractivity contribution is -0.124. The molecule has 6 heteroatoms. The molecular formula is C23H36N4O2. The number of imidazole rings is 1. The Morgan fingerprint density at radius 2 is 1.97 bits per heavy atom. The highest BCUT2D eigenvalue weighted by Crippen LogP contribution is 2.28. The summed E-state index contributed by atoms with van der Waals surface area (Å²) in [7, 11) is 0. The molecule has 1 amide bonds. The molecule has 0 fully saturated rings. The van der Waals surface area contributed by atoms with Gasteiger partial charge in [-0.25, -0.2) is 10.5 Å². The van der Waals surface area contributed by atoms with Crippen LogP contribution in [0.15, 0.2) is 24.4 Å². The largest absolute Gasteiger partial charge is 0.302 e. The van der Waals surface area contributed by atoms with Crippen molar-refractivity contribution in [3.8, 4) is 0 Å². The Kier molecular flexibility index (Phi) is 7.25. The molecule has 0 saturated carbocycles. The molecule has 0 radical (unpaired) electrons. The quantitative estimate of drug-likeness (QED) is 0.410. The standard InChI is InChI=1S/C23H36N4O2/c1-8-26(14-12-22(2,3)4)16-18-21(23(5,6)7)24-19-15-17(11-13-27(18)19)9-10-20(28)25-29/h9-11,13,15,29H,8,12,14,16H2,1-7H3,(H,25,28). The van der Waals surface area contributed by atoms with E-state index in [1.165, 1.54) is 11.8 Å². The first-order valence-electron chi connectivity index (χ1n) is 10.3. The number of carbonyl (C=O) groups excluding carboxylic acids is 1. The van der Waals surface area contributed by atoms with Crippen molar-refractivity contribution in [1.82, 2.24) is 19.8 Å². The topological polar surface area (TPSA) is 69.9 Å². The van der Waals surface area contributed by atoms with E-state index in [1.807, 2.05) is 18.3 Å². The third-order valence-corrected chi connectivity index (χ3v) is 5.00. The van der Waals surface area contributed by atoms with Crippen LogP contribution >= 0.6 is 0 Å². The number of hydrogen-bond acceptors (Lipinski definition) is 4. The van der Waals surface area contributed by atoms with Crippen LogP contribution in [0.4, 0.5) is 0 Å². The third-order valence-electron chi connectivity index (χ3n) is 5.00. The predicted octanol–water partition coefficient (Wildman–Crippen LogP) is 4.41. The molecule has 0 aliphatic rings. The monoisotopic (exact) mass is 400 g/mol. The van der Waals surface area contributed by atoms with Gasteiger partial charge < -0.3 is 4.40 Å². The fraction of sp³-hybridized carbons (Fsp3) is 0.565. The van der Waals surface area contributed by atoms with Crippen LogP contribution in [0.3, 0.4) is 0 Å². The van der Waals surface area contributed by atoms with Crippen LogP contribution in [-0.2, 0) is 16.8 Å². The predicted molar refractivity (Wildman–Crippen MR) is 118 cm³/mol. The summed E-state index contributed by atoms with van der Waals surface area (Å²) in [5, 5.41) is 8.64. The van der Waals surface area contributed by atoms with E-state index >= 15 is 0 Å². The zero-order chi connectivity index (χ0) is 21.8. The molecule has 2 aromatic heterocycles. The summed E-state index contributed by atoms with van der Waals surface area (Å²) in [6.45, 7) is 18.5.